The zero-order valence-electron chi connectivity index (χ0n) is 11.8. The van der Waals surface area contributed by atoms with Gasteiger partial charge in [0.05, 0.1) is 5.41 Å². The topological polar surface area (TPSA) is 41.1 Å². The minimum absolute atomic E-state index is 0.179. The van der Waals surface area contributed by atoms with Crippen molar-refractivity contribution in [1.29, 1.82) is 0 Å². The van der Waals surface area contributed by atoms with Gasteiger partial charge in [0.25, 0.3) is 0 Å². The number of carbonyl (C=O) groups is 1. The number of nitrogens with one attached hydrogen (secondary N) is 2. The first-order valence-electron chi connectivity index (χ1n) is 7.08. The fourth-order valence-corrected chi connectivity index (χ4v) is 2.72. The number of hydrogen-bond donors (Lipinski definition) is 2. The molecule has 0 radical (unpaired) electrons. The lowest BCUT2D eigenvalue weighted by Crippen LogP contribution is -2.49. The van der Waals surface area contributed by atoms with Crippen LogP contribution >= 0.6 is 0 Å². The molecule has 1 aliphatic rings. The summed E-state index contributed by atoms with van der Waals surface area (Å²) in [6.07, 6.45) is 4.22. The van der Waals surface area contributed by atoms with Gasteiger partial charge in [-0.25, -0.2) is 0 Å². The van der Waals surface area contributed by atoms with Crippen molar-refractivity contribution < 1.29 is 4.79 Å². The Labute approximate surface area is 106 Å². The molecule has 0 aliphatic carbocycles. The Kier molecular flexibility index (Phi) is 5.44. The minimum Gasteiger partial charge on any atom is -0.353 e. The highest BCUT2D eigenvalue weighted by Gasteiger charge is 2.44. The molecule has 2 unspecified atom stereocenters. The molecular formula is C14H28N2O. The lowest BCUT2D eigenvalue weighted by molar-refractivity contribution is -0.133. The Morgan fingerprint density at radius 2 is 2.12 bits per heavy atom. The fraction of sp³-hybridized carbons (Fsp3) is 0.929. The number of hydrogen-bond acceptors (Lipinski definition) is 2. The third-order valence-corrected chi connectivity index (χ3v) is 4.21. The lowest BCUT2D eigenvalue weighted by Gasteiger charge is -2.33. The van der Waals surface area contributed by atoms with E-state index in [0.717, 1.165) is 38.8 Å². The third-order valence-electron chi connectivity index (χ3n) is 4.21. The van der Waals surface area contributed by atoms with Crippen LogP contribution in [0.2, 0.25) is 0 Å². The molecule has 0 aromatic carbocycles. The van der Waals surface area contributed by atoms with E-state index in [9.17, 15) is 4.79 Å². The molecule has 3 nitrogen and oxygen atoms in total. The van der Waals surface area contributed by atoms with Gasteiger partial charge in [0.15, 0.2) is 0 Å². The van der Waals surface area contributed by atoms with Crippen LogP contribution in [0.1, 0.15) is 53.4 Å². The molecule has 0 aromatic heterocycles. The highest BCUT2D eigenvalue weighted by Crippen LogP contribution is 2.34. The second-order valence-corrected chi connectivity index (χ2v) is 5.60. The maximum Gasteiger partial charge on any atom is 0.228 e. The summed E-state index contributed by atoms with van der Waals surface area (Å²) in [5.74, 6) is 0.662. The smallest absolute Gasteiger partial charge is 0.228 e. The molecule has 2 atom stereocenters. The summed E-state index contributed by atoms with van der Waals surface area (Å²) >= 11 is 0. The van der Waals surface area contributed by atoms with Crippen molar-refractivity contribution in [1.82, 2.24) is 10.6 Å². The fourth-order valence-electron chi connectivity index (χ4n) is 2.72. The molecule has 1 rings (SSSR count). The molecule has 1 amide bonds. The molecule has 1 fully saturated rings. The van der Waals surface area contributed by atoms with E-state index < -0.39 is 0 Å². The van der Waals surface area contributed by atoms with Gasteiger partial charge in [-0.2, -0.15) is 0 Å². The Bertz CT molecular complexity index is 245. The number of rotatable bonds is 6. The average molecular weight is 240 g/mol. The summed E-state index contributed by atoms with van der Waals surface area (Å²) in [7, 11) is 0. The molecule has 1 aliphatic heterocycles. The van der Waals surface area contributed by atoms with Crippen molar-refractivity contribution in [3.05, 3.63) is 0 Å². The van der Waals surface area contributed by atoms with Crippen LogP contribution in [-0.2, 0) is 4.79 Å². The predicted molar refractivity (Wildman–Crippen MR) is 71.9 cm³/mol. The Balaban J connectivity index is 2.66. The van der Waals surface area contributed by atoms with E-state index in [1.54, 1.807) is 0 Å². The van der Waals surface area contributed by atoms with E-state index in [2.05, 4.69) is 38.3 Å². The van der Waals surface area contributed by atoms with E-state index in [1.165, 1.54) is 0 Å². The predicted octanol–water partition coefficient (Wildman–Crippen LogP) is 2.32. The Morgan fingerprint density at radius 3 is 2.53 bits per heavy atom. The van der Waals surface area contributed by atoms with Crippen LogP contribution in [0.3, 0.4) is 0 Å². The quantitative estimate of drug-likeness (QED) is 0.748. The highest BCUT2D eigenvalue weighted by molar-refractivity contribution is 5.83. The first-order valence-corrected chi connectivity index (χ1v) is 7.08. The zero-order chi connectivity index (χ0) is 12.9. The number of amides is 1. The summed E-state index contributed by atoms with van der Waals surface area (Å²) in [5, 5.41) is 6.59. The van der Waals surface area contributed by atoms with E-state index in [0.29, 0.717) is 12.0 Å². The molecule has 100 valence electrons. The van der Waals surface area contributed by atoms with Crippen LogP contribution in [0.15, 0.2) is 0 Å². The van der Waals surface area contributed by atoms with Crippen molar-refractivity contribution in [2.75, 3.05) is 13.1 Å². The molecule has 0 bridgehead atoms. The summed E-state index contributed by atoms with van der Waals surface area (Å²) < 4.78 is 0. The van der Waals surface area contributed by atoms with Crippen LogP contribution < -0.4 is 10.6 Å². The molecule has 1 saturated heterocycles. The van der Waals surface area contributed by atoms with Crippen molar-refractivity contribution in [2.45, 2.75) is 59.4 Å². The third kappa shape index (κ3) is 3.21. The monoisotopic (exact) mass is 240 g/mol. The van der Waals surface area contributed by atoms with E-state index >= 15 is 0 Å². The normalized spacial score (nSPS) is 26.2. The van der Waals surface area contributed by atoms with Gasteiger partial charge in [0.2, 0.25) is 5.91 Å². The van der Waals surface area contributed by atoms with E-state index in [-0.39, 0.29) is 11.3 Å². The highest BCUT2D eigenvalue weighted by atomic mass is 16.2. The largest absolute Gasteiger partial charge is 0.353 e. The summed E-state index contributed by atoms with van der Waals surface area (Å²) in [5.41, 5.74) is -0.179. The lowest BCUT2D eigenvalue weighted by atomic mass is 9.75. The van der Waals surface area contributed by atoms with Gasteiger partial charge in [-0.15, -0.1) is 0 Å². The van der Waals surface area contributed by atoms with Gasteiger partial charge >= 0.3 is 0 Å². The zero-order valence-corrected chi connectivity index (χ0v) is 11.8. The second kappa shape index (κ2) is 6.39. The Morgan fingerprint density at radius 1 is 1.41 bits per heavy atom. The minimum atomic E-state index is -0.179. The van der Waals surface area contributed by atoms with Crippen LogP contribution in [0.4, 0.5) is 0 Å². The van der Waals surface area contributed by atoms with Gasteiger partial charge in [0, 0.05) is 12.6 Å². The molecule has 3 heteroatoms. The number of carbonyl (C=O) groups excluding carboxylic acids is 1. The van der Waals surface area contributed by atoms with Gasteiger partial charge in [-0.05, 0) is 31.7 Å². The molecule has 2 N–H and O–H groups in total. The molecule has 0 saturated carbocycles. The summed E-state index contributed by atoms with van der Waals surface area (Å²) in [4.78, 5) is 12.5. The standard InChI is InChI=1S/C14H28N2O/c1-5-7-12(6-2)16-13(17)14(11(3)4)8-9-15-10-14/h11-12,15H,5-10H2,1-4H3,(H,16,17). The Hall–Kier alpha value is -0.570. The van der Waals surface area contributed by atoms with Crippen LogP contribution in [-0.4, -0.2) is 25.0 Å². The van der Waals surface area contributed by atoms with Gasteiger partial charge < -0.3 is 10.6 Å². The van der Waals surface area contributed by atoms with Crippen LogP contribution in [0.5, 0.6) is 0 Å². The van der Waals surface area contributed by atoms with Gasteiger partial charge in [-0.3, -0.25) is 4.79 Å². The van der Waals surface area contributed by atoms with Crippen LogP contribution in [0, 0.1) is 11.3 Å². The molecule has 17 heavy (non-hydrogen) atoms. The van der Waals surface area contributed by atoms with E-state index in [1.807, 2.05) is 0 Å². The first kappa shape index (κ1) is 14.5. The maximum absolute atomic E-state index is 12.5. The summed E-state index contributed by atoms with van der Waals surface area (Å²) in [6, 6.07) is 0.351. The van der Waals surface area contributed by atoms with E-state index in [4.69, 9.17) is 0 Å². The molecule has 0 spiro atoms. The van der Waals surface area contributed by atoms with Gasteiger partial charge in [-0.1, -0.05) is 34.1 Å². The van der Waals surface area contributed by atoms with Crippen molar-refractivity contribution >= 4 is 5.91 Å². The second-order valence-electron chi connectivity index (χ2n) is 5.60. The maximum atomic E-state index is 12.5. The van der Waals surface area contributed by atoms with Crippen molar-refractivity contribution in [3.63, 3.8) is 0 Å². The SMILES string of the molecule is CCCC(CC)NC(=O)C1(C(C)C)CCNC1. The van der Waals surface area contributed by atoms with Crippen molar-refractivity contribution in [2.24, 2.45) is 11.3 Å². The van der Waals surface area contributed by atoms with Gasteiger partial charge in [0.1, 0.15) is 0 Å². The summed E-state index contributed by atoms with van der Waals surface area (Å²) in [6.45, 7) is 10.4. The molecule has 0 aromatic rings. The first-order chi connectivity index (χ1) is 8.06. The molecular weight excluding hydrogens is 212 g/mol. The molecule has 1 heterocycles. The van der Waals surface area contributed by atoms with Crippen molar-refractivity contribution in [3.8, 4) is 0 Å². The van der Waals surface area contributed by atoms with Crippen LogP contribution in [0.25, 0.3) is 0 Å². The average Bonchev–Trinajstić information content (AvgIpc) is 2.78.